The monoisotopic (exact) mass is 261 g/mol. The number of likely N-dealkylation sites (N-methyl/N-ethyl adjacent to an activating group) is 1. The molecule has 0 radical (unpaired) electrons. The number of nitrogens with zero attached hydrogens (tertiary/aromatic N) is 2. The highest BCUT2D eigenvalue weighted by Crippen LogP contribution is 2.26. The first-order valence-electron chi connectivity index (χ1n) is 7.20. The summed E-state index contributed by atoms with van der Waals surface area (Å²) in [6, 6.07) is 7.79. The average molecular weight is 261 g/mol. The van der Waals surface area contributed by atoms with Crippen LogP contribution in [-0.2, 0) is 0 Å². The Bertz CT molecular complexity index is 428. The summed E-state index contributed by atoms with van der Waals surface area (Å²) in [5.74, 6) is 0. The lowest BCUT2D eigenvalue weighted by atomic mass is 10.00. The smallest absolute Gasteiger partial charge is 0.0471 e. The summed E-state index contributed by atoms with van der Waals surface area (Å²) >= 11 is 0. The zero-order valence-electron chi connectivity index (χ0n) is 12.7. The van der Waals surface area contributed by atoms with Crippen LogP contribution in [0.15, 0.2) is 18.2 Å². The van der Waals surface area contributed by atoms with Crippen LogP contribution in [-0.4, -0.2) is 49.6 Å². The molecule has 3 nitrogen and oxygen atoms in total. The Morgan fingerprint density at radius 3 is 2.58 bits per heavy atom. The molecule has 0 aromatic heterocycles. The van der Waals surface area contributed by atoms with Gasteiger partial charge in [0.1, 0.15) is 0 Å². The molecule has 2 atom stereocenters. The summed E-state index contributed by atoms with van der Waals surface area (Å²) in [6.07, 6.45) is 1.24. The molecule has 0 bridgehead atoms. The van der Waals surface area contributed by atoms with Crippen LogP contribution in [0.25, 0.3) is 0 Å². The minimum absolute atomic E-state index is 0.365. The SMILES string of the molecule is Cc1ccc(C(CN)N2CCC(N(C)C)C2)cc1C. The summed E-state index contributed by atoms with van der Waals surface area (Å²) in [4.78, 5) is 4.86. The van der Waals surface area contributed by atoms with Gasteiger partial charge in [0.15, 0.2) is 0 Å². The van der Waals surface area contributed by atoms with E-state index < -0.39 is 0 Å². The maximum atomic E-state index is 6.04. The summed E-state index contributed by atoms with van der Waals surface area (Å²) in [5.41, 5.74) is 10.1. The standard InChI is InChI=1S/C16H27N3/c1-12-5-6-14(9-13(12)2)16(10-17)19-8-7-15(11-19)18(3)4/h5-6,9,15-16H,7-8,10-11,17H2,1-4H3. The fourth-order valence-electron chi connectivity index (χ4n) is 2.94. The van der Waals surface area contributed by atoms with Gasteiger partial charge in [-0.05, 0) is 51.1 Å². The van der Waals surface area contributed by atoms with Gasteiger partial charge in [-0.2, -0.15) is 0 Å². The number of aryl methyl sites for hydroxylation is 2. The lowest BCUT2D eigenvalue weighted by Crippen LogP contribution is -2.36. The molecule has 106 valence electrons. The second kappa shape index (κ2) is 6.04. The molecule has 2 N–H and O–H groups in total. The van der Waals surface area contributed by atoms with Gasteiger partial charge in [-0.15, -0.1) is 0 Å². The van der Waals surface area contributed by atoms with Crippen LogP contribution in [0.1, 0.15) is 29.2 Å². The molecular weight excluding hydrogens is 234 g/mol. The van der Waals surface area contributed by atoms with Crippen molar-refractivity contribution in [1.82, 2.24) is 9.80 Å². The van der Waals surface area contributed by atoms with Gasteiger partial charge in [0, 0.05) is 31.7 Å². The largest absolute Gasteiger partial charge is 0.329 e. The molecule has 0 spiro atoms. The Kier molecular flexibility index (Phi) is 4.61. The van der Waals surface area contributed by atoms with Crippen LogP contribution in [0.3, 0.4) is 0 Å². The molecule has 1 saturated heterocycles. The lowest BCUT2D eigenvalue weighted by molar-refractivity contribution is 0.220. The molecular formula is C16H27N3. The molecule has 1 heterocycles. The van der Waals surface area contributed by atoms with Crippen LogP contribution in [0.2, 0.25) is 0 Å². The van der Waals surface area contributed by atoms with E-state index in [1.54, 1.807) is 0 Å². The highest BCUT2D eigenvalue weighted by Gasteiger charge is 2.29. The molecule has 0 aliphatic carbocycles. The van der Waals surface area contributed by atoms with Gasteiger partial charge >= 0.3 is 0 Å². The molecule has 1 aromatic rings. The Morgan fingerprint density at radius 2 is 2.05 bits per heavy atom. The van der Waals surface area contributed by atoms with E-state index in [0.717, 1.165) is 13.1 Å². The molecule has 1 aliphatic rings. The fraction of sp³-hybridized carbons (Fsp3) is 0.625. The van der Waals surface area contributed by atoms with Crippen molar-refractivity contribution in [3.8, 4) is 0 Å². The van der Waals surface area contributed by atoms with Crippen LogP contribution in [0, 0.1) is 13.8 Å². The van der Waals surface area contributed by atoms with E-state index in [9.17, 15) is 0 Å². The Hall–Kier alpha value is -0.900. The molecule has 1 fully saturated rings. The first-order chi connectivity index (χ1) is 9.02. The number of hydrogen-bond acceptors (Lipinski definition) is 3. The van der Waals surface area contributed by atoms with Crippen molar-refractivity contribution in [2.45, 2.75) is 32.4 Å². The van der Waals surface area contributed by atoms with Crippen LogP contribution in [0.5, 0.6) is 0 Å². The maximum Gasteiger partial charge on any atom is 0.0471 e. The third-order valence-electron chi connectivity index (χ3n) is 4.50. The quantitative estimate of drug-likeness (QED) is 0.899. The minimum atomic E-state index is 0.365. The number of benzene rings is 1. The summed E-state index contributed by atoms with van der Waals surface area (Å²) in [5, 5.41) is 0. The predicted octanol–water partition coefficient (Wildman–Crippen LogP) is 1.94. The van der Waals surface area contributed by atoms with Crippen molar-refractivity contribution in [1.29, 1.82) is 0 Å². The molecule has 3 heteroatoms. The molecule has 2 unspecified atom stereocenters. The maximum absolute atomic E-state index is 6.04. The van der Waals surface area contributed by atoms with Crippen molar-refractivity contribution >= 4 is 0 Å². The van der Waals surface area contributed by atoms with E-state index in [4.69, 9.17) is 5.73 Å². The number of nitrogens with two attached hydrogens (primary N) is 1. The number of rotatable bonds is 4. The second-order valence-corrected chi connectivity index (χ2v) is 6.00. The van der Waals surface area contributed by atoms with Crippen molar-refractivity contribution in [3.05, 3.63) is 34.9 Å². The molecule has 2 rings (SSSR count). The van der Waals surface area contributed by atoms with Crippen LogP contribution < -0.4 is 5.73 Å². The zero-order chi connectivity index (χ0) is 14.0. The van der Waals surface area contributed by atoms with Crippen molar-refractivity contribution in [2.24, 2.45) is 5.73 Å². The van der Waals surface area contributed by atoms with E-state index in [1.165, 1.54) is 23.1 Å². The topological polar surface area (TPSA) is 32.5 Å². The van der Waals surface area contributed by atoms with Crippen LogP contribution in [0.4, 0.5) is 0 Å². The van der Waals surface area contributed by atoms with Gasteiger partial charge in [0.2, 0.25) is 0 Å². The molecule has 19 heavy (non-hydrogen) atoms. The molecule has 1 aromatic carbocycles. The van der Waals surface area contributed by atoms with E-state index in [2.05, 4.69) is 55.9 Å². The van der Waals surface area contributed by atoms with Gasteiger partial charge in [-0.25, -0.2) is 0 Å². The van der Waals surface area contributed by atoms with Crippen LogP contribution >= 0.6 is 0 Å². The predicted molar refractivity (Wildman–Crippen MR) is 81.4 cm³/mol. The van der Waals surface area contributed by atoms with Gasteiger partial charge in [0.05, 0.1) is 0 Å². The fourth-order valence-corrected chi connectivity index (χ4v) is 2.94. The van der Waals surface area contributed by atoms with Crippen molar-refractivity contribution in [2.75, 3.05) is 33.7 Å². The van der Waals surface area contributed by atoms with E-state index >= 15 is 0 Å². The first-order valence-corrected chi connectivity index (χ1v) is 7.20. The normalized spacial score (nSPS) is 22.1. The third-order valence-corrected chi connectivity index (χ3v) is 4.50. The molecule has 0 saturated carbocycles. The summed E-state index contributed by atoms with van der Waals surface area (Å²) < 4.78 is 0. The lowest BCUT2D eigenvalue weighted by Gasteiger charge is -2.28. The highest BCUT2D eigenvalue weighted by atomic mass is 15.2. The second-order valence-electron chi connectivity index (χ2n) is 6.00. The molecule has 0 amide bonds. The van der Waals surface area contributed by atoms with Gasteiger partial charge in [-0.1, -0.05) is 18.2 Å². The number of hydrogen-bond donors (Lipinski definition) is 1. The minimum Gasteiger partial charge on any atom is -0.329 e. The average Bonchev–Trinajstić information content (AvgIpc) is 2.84. The summed E-state index contributed by atoms with van der Waals surface area (Å²) in [6.45, 7) is 7.32. The Morgan fingerprint density at radius 1 is 1.32 bits per heavy atom. The summed E-state index contributed by atoms with van der Waals surface area (Å²) in [7, 11) is 4.34. The van der Waals surface area contributed by atoms with Gasteiger partial charge in [0.25, 0.3) is 0 Å². The Labute approximate surface area is 117 Å². The highest BCUT2D eigenvalue weighted by molar-refractivity contribution is 5.32. The van der Waals surface area contributed by atoms with E-state index in [-0.39, 0.29) is 0 Å². The van der Waals surface area contributed by atoms with E-state index in [0.29, 0.717) is 18.6 Å². The third kappa shape index (κ3) is 3.16. The van der Waals surface area contributed by atoms with Crippen molar-refractivity contribution < 1.29 is 0 Å². The van der Waals surface area contributed by atoms with Gasteiger partial charge in [-0.3, -0.25) is 4.90 Å². The Balaban J connectivity index is 2.14. The molecule has 1 aliphatic heterocycles. The first kappa shape index (κ1) is 14.5. The van der Waals surface area contributed by atoms with Gasteiger partial charge < -0.3 is 10.6 Å². The van der Waals surface area contributed by atoms with Crippen molar-refractivity contribution in [3.63, 3.8) is 0 Å². The van der Waals surface area contributed by atoms with E-state index in [1.807, 2.05) is 0 Å². The zero-order valence-corrected chi connectivity index (χ0v) is 12.7. The number of likely N-dealkylation sites (tertiary alicyclic amines) is 1.